The summed E-state index contributed by atoms with van der Waals surface area (Å²) in [7, 11) is -3.69. The quantitative estimate of drug-likeness (QED) is 0.363. The molecule has 2 fully saturated rings. The predicted octanol–water partition coefficient (Wildman–Crippen LogP) is 3.14. The zero-order valence-electron chi connectivity index (χ0n) is 19.0. The first-order valence-corrected chi connectivity index (χ1v) is 13.5. The molecule has 1 aliphatic carbocycles. The van der Waals surface area contributed by atoms with Crippen LogP contribution in [0.4, 0.5) is 5.69 Å². The monoisotopic (exact) mass is 489 g/mol. The van der Waals surface area contributed by atoms with Gasteiger partial charge in [0, 0.05) is 35.6 Å². The van der Waals surface area contributed by atoms with Gasteiger partial charge in [0.2, 0.25) is 14.2 Å². The van der Waals surface area contributed by atoms with E-state index in [1.807, 2.05) is 31.2 Å². The third-order valence-electron chi connectivity index (χ3n) is 6.53. The summed E-state index contributed by atoms with van der Waals surface area (Å²) in [5, 5.41) is 1.68. The van der Waals surface area contributed by atoms with Gasteiger partial charge in [-0.1, -0.05) is 12.1 Å². The predicted molar refractivity (Wildman–Crippen MR) is 132 cm³/mol. The number of sulfone groups is 1. The van der Waals surface area contributed by atoms with Crippen LogP contribution < -0.4 is 11.5 Å². The number of aliphatic imine (C=N–C) groups is 1. The number of ether oxygens (including phenoxy) is 1. The van der Waals surface area contributed by atoms with Crippen molar-refractivity contribution in [1.82, 2.24) is 9.88 Å². The molecule has 1 aromatic heterocycles. The number of benzene rings is 1. The lowest BCUT2D eigenvalue weighted by atomic mass is 9.81. The second-order valence-electron chi connectivity index (χ2n) is 8.70. The summed E-state index contributed by atoms with van der Waals surface area (Å²) < 4.78 is 31.5. The van der Waals surface area contributed by atoms with Gasteiger partial charge in [0.25, 0.3) is 0 Å². The molecule has 2 aromatic rings. The van der Waals surface area contributed by atoms with Crippen molar-refractivity contribution < 1.29 is 13.2 Å². The maximum atomic E-state index is 13.5. The molecule has 4 N–H and O–H groups in total. The van der Waals surface area contributed by atoms with Gasteiger partial charge in [0.05, 0.1) is 25.3 Å². The number of aromatic nitrogens is 1. The van der Waals surface area contributed by atoms with E-state index in [-0.39, 0.29) is 16.4 Å². The van der Waals surface area contributed by atoms with Gasteiger partial charge in [-0.05, 0) is 50.8 Å². The number of hydrogen-bond donors (Lipinski definition) is 2. The Balaban J connectivity index is 1.74. The average molecular weight is 490 g/mol. The fourth-order valence-corrected chi connectivity index (χ4v) is 7.54. The van der Waals surface area contributed by atoms with E-state index < -0.39 is 14.6 Å². The van der Waals surface area contributed by atoms with Gasteiger partial charge in [0.15, 0.2) is 0 Å². The second-order valence-corrected chi connectivity index (χ2v) is 12.0. The van der Waals surface area contributed by atoms with Crippen LogP contribution in [0.25, 0.3) is 0 Å². The summed E-state index contributed by atoms with van der Waals surface area (Å²) in [6.07, 6.45) is 5.05. The molecule has 2 aliphatic rings. The van der Waals surface area contributed by atoms with Gasteiger partial charge in [0.1, 0.15) is 10.6 Å². The third-order valence-corrected chi connectivity index (χ3v) is 10.3. The molecule has 1 unspecified atom stereocenters. The van der Waals surface area contributed by atoms with Crippen molar-refractivity contribution in [3.8, 4) is 0 Å². The summed E-state index contributed by atoms with van der Waals surface area (Å²) in [4.78, 5) is 11.2. The van der Waals surface area contributed by atoms with Gasteiger partial charge < -0.3 is 21.1 Å². The van der Waals surface area contributed by atoms with Crippen LogP contribution in [0, 0.1) is 0 Å². The van der Waals surface area contributed by atoms with E-state index in [0.29, 0.717) is 49.8 Å². The molecule has 4 rings (SSSR count). The summed E-state index contributed by atoms with van der Waals surface area (Å²) in [5.74, 6) is 0.674. The van der Waals surface area contributed by atoms with Gasteiger partial charge in [-0.3, -0.25) is 4.99 Å². The topological polar surface area (TPSA) is 124 Å². The Hall–Kier alpha value is -2.43. The molecule has 1 saturated carbocycles. The van der Waals surface area contributed by atoms with Crippen molar-refractivity contribution >= 4 is 32.7 Å². The Morgan fingerprint density at radius 2 is 2.09 bits per heavy atom. The SMILES string of the molecule is CC(N=C(/C=C(\N)C1(S(=O)(=O)c2nccs2)CCC1)N1CCOC[C@@H]1C)c1ccc(N)cc1. The lowest BCUT2D eigenvalue weighted by molar-refractivity contribution is 0.0334. The minimum atomic E-state index is -3.69. The molecule has 33 heavy (non-hydrogen) atoms. The van der Waals surface area contributed by atoms with E-state index in [0.717, 1.165) is 23.3 Å². The van der Waals surface area contributed by atoms with Crippen molar-refractivity contribution in [2.45, 2.75) is 54.3 Å². The summed E-state index contributed by atoms with van der Waals surface area (Å²) >= 11 is 1.13. The second kappa shape index (κ2) is 9.44. The first-order valence-electron chi connectivity index (χ1n) is 11.1. The Labute approximate surface area is 199 Å². The highest BCUT2D eigenvalue weighted by Gasteiger charge is 2.53. The number of anilines is 1. The fraction of sp³-hybridized carbons (Fsp3) is 0.478. The minimum Gasteiger partial charge on any atom is -0.401 e. The van der Waals surface area contributed by atoms with Crippen LogP contribution in [-0.4, -0.2) is 54.7 Å². The Bertz CT molecular complexity index is 1120. The lowest BCUT2D eigenvalue weighted by Crippen LogP contribution is -2.51. The molecule has 0 radical (unpaired) electrons. The number of hydrogen-bond acceptors (Lipinski definition) is 8. The number of amidine groups is 1. The fourth-order valence-electron chi connectivity index (χ4n) is 4.30. The van der Waals surface area contributed by atoms with Crippen molar-refractivity contribution in [1.29, 1.82) is 0 Å². The Kier molecular flexibility index (Phi) is 6.78. The number of rotatable bonds is 6. The number of nitrogens with zero attached hydrogens (tertiary/aromatic N) is 3. The van der Waals surface area contributed by atoms with Crippen LogP contribution in [0.15, 0.2) is 56.9 Å². The number of morpholine rings is 1. The van der Waals surface area contributed by atoms with Crippen LogP contribution in [0.1, 0.15) is 44.7 Å². The van der Waals surface area contributed by atoms with Crippen molar-refractivity contribution in [2.24, 2.45) is 10.7 Å². The third kappa shape index (κ3) is 4.51. The number of nitrogen functional groups attached to an aromatic ring is 1. The molecule has 0 bridgehead atoms. The normalized spacial score (nSPS) is 22.6. The molecule has 2 atom stereocenters. The molecule has 178 valence electrons. The van der Waals surface area contributed by atoms with E-state index in [9.17, 15) is 8.42 Å². The molecule has 0 spiro atoms. The number of thiazole rings is 1. The van der Waals surface area contributed by atoms with Gasteiger partial charge in [-0.25, -0.2) is 13.4 Å². The molecule has 1 saturated heterocycles. The van der Waals surface area contributed by atoms with E-state index in [1.54, 1.807) is 11.5 Å². The zero-order chi connectivity index (χ0) is 23.6. The molecular formula is C23H31N5O3S2. The van der Waals surface area contributed by atoms with Crippen molar-refractivity contribution in [2.75, 3.05) is 25.5 Å². The highest BCUT2D eigenvalue weighted by Crippen LogP contribution is 2.46. The standard InChI is InChI=1S/C23H31N5O3S2/c1-16-15-31-12-11-28(16)21(27-17(2)18-4-6-19(24)7-5-18)14-20(25)23(8-3-9-23)33(29,30)22-26-10-13-32-22/h4-7,10,13-14,16-17H,3,8-9,11-12,15,24-25H2,1-2H3/b20-14-,27-21?/t16-,17?/m0/s1. The van der Waals surface area contributed by atoms with E-state index >= 15 is 0 Å². The van der Waals surface area contributed by atoms with Crippen LogP contribution in [0.3, 0.4) is 0 Å². The highest BCUT2D eigenvalue weighted by molar-refractivity contribution is 7.94. The van der Waals surface area contributed by atoms with Crippen LogP contribution in [0.2, 0.25) is 0 Å². The highest BCUT2D eigenvalue weighted by atomic mass is 32.2. The number of nitrogens with two attached hydrogens (primary N) is 2. The average Bonchev–Trinajstić information content (AvgIpc) is 3.29. The van der Waals surface area contributed by atoms with Crippen molar-refractivity contribution in [3.05, 3.63) is 53.2 Å². The van der Waals surface area contributed by atoms with Crippen molar-refractivity contribution in [3.63, 3.8) is 0 Å². The zero-order valence-corrected chi connectivity index (χ0v) is 20.6. The van der Waals surface area contributed by atoms with Gasteiger partial charge in [-0.15, -0.1) is 11.3 Å². The molecule has 0 amide bonds. The maximum absolute atomic E-state index is 13.5. The first-order chi connectivity index (χ1) is 15.7. The maximum Gasteiger partial charge on any atom is 0.216 e. The van der Waals surface area contributed by atoms with E-state index in [2.05, 4.69) is 16.8 Å². The van der Waals surface area contributed by atoms with E-state index in [1.165, 1.54) is 6.20 Å². The summed E-state index contributed by atoms with van der Waals surface area (Å²) in [6.45, 7) is 5.88. The molecule has 10 heteroatoms. The molecular weight excluding hydrogens is 458 g/mol. The Morgan fingerprint density at radius 3 is 2.67 bits per heavy atom. The van der Waals surface area contributed by atoms with Gasteiger partial charge >= 0.3 is 0 Å². The largest absolute Gasteiger partial charge is 0.401 e. The van der Waals surface area contributed by atoms with E-state index in [4.69, 9.17) is 21.2 Å². The van der Waals surface area contributed by atoms with Crippen LogP contribution in [0.5, 0.6) is 0 Å². The van der Waals surface area contributed by atoms with Crippen LogP contribution >= 0.6 is 11.3 Å². The Morgan fingerprint density at radius 1 is 1.36 bits per heavy atom. The molecule has 2 heterocycles. The summed E-state index contributed by atoms with van der Waals surface area (Å²) in [5.41, 5.74) is 14.5. The first kappa shape index (κ1) is 23.7. The summed E-state index contributed by atoms with van der Waals surface area (Å²) in [6, 6.07) is 7.55. The molecule has 1 aliphatic heterocycles. The molecule has 8 nitrogen and oxygen atoms in total. The van der Waals surface area contributed by atoms with Crippen LogP contribution in [-0.2, 0) is 14.6 Å². The smallest absolute Gasteiger partial charge is 0.216 e. The minimum absolute atomic E-state index is 0.0908. The van der Waals surface area contributed by atoms with Gasteiger partial charge in [-0.2, -0.15) is 0 Å². The molecule has 1 aromatic carbocycles. The lowest BCUT2D eigenvalue weighted by Gasteiger charge is -2.41.